The van der Waals surface area contributed by atoms with Gasteiger partial charge in [0.15, 0.2) is 0 Å². The summed E-state index contributed by atoms with van der Waals surface area (Å²) in [5.41, 5.74) is -1.57. The standard InChI is InChI=1S/C37H29F9N2O4/c1-18-9-21(33(49)50)4-6-28(18)24-14-29(19(2)47-16-24)20-3-5-25(35(38,39)40)13-23(10-20)31-7-8-32-30(17-52-34(51)48(31)32)22-11-26(36(41,42)43)15-27(12-22)37(44,45)46/h3-6,9-16,20,30-32H,7-8,17H2,1-2H3,(H,49,50)/t20?,30-,31+,32?/m1/s1. The number of hydrogen-bond donors (Lipinski definition) is 1. The number of aromatic nitrogens is 1. The third-order valence-corrected chi connectivity index (χ3v) is 9.69. The molecular formula is C37H29F9N2O4. The summed E-state index contributed by atoms with van der Waals surface area (Å²) in [5.74, 6) is -3.09. The van der Waals surface area contributed by atoms with Crippen molar-refractivity contribution in [2.75, 3.05) is 6.61 Å². The lowest BCUT2D eigenvalue weighted by atomic mass is 9.87. The molecule has 4 atom stereocenters. The average molecular weight is 737 g/mol. The van der Waals surface area contributed by atoms with Crippen molar-refractivity contribution >= 4 is 12.1 Å². The molecule has 3 aliphatic rings. The van der Waals surface area contributed by atoms with Crippen molar-refractivity contribution in [1.82, 2.24) is 9.88 Å². The van der Waals surface area contributed by atoms with Crippen molar-refractivity contribution in [3.63, 3.8) is 0 Å². The van der Waals surface area contributed by atoms with E-state index in [-0.39, 0.29) is 35.6 Å². The minimum absolute atomic E-state index is 0.00126. The summed E-state index contributed by atoms with van der Waals surface area (Å²) < 4.78 is 130. The van der Waals surface area contributed by atoms with Gasteiger partial charge in [-0.05, 0) is 97.0 Å². The zero-order valence-electron chi connectivity index (χ0n) is 27.3. The molecule has 2 unspecified atom stereocenters. The number of carboxylic acids is 1. The summed E-state index contributed by atoms with van der Waals surface area (Å²) in [6, 6.07) is 5.34. The molecule has 2 aliphatic heterocycles. The molecule has 274 valence electrons. The number of carboxylic acid groups (broad SMARTS) is 1. The van der Waals surface area contributed by atoms with E-state index in [4.69, 9.17) is 4.74 Å². The maximum Gasteiger partial charge on any atom is 0.416 e. The van der Waals surface area contributed by atoms with Crippen molar-refractivity contribution in [1.29, 1.82) is 0 Å². The zero-order valence-corrected chi connectivity index (χ0v) is 27.3. The van der Waals surface area contributed by atoms with E-state index in [0.717, 1.165) is 17.1 Å². The summed E-state index contributed by atoms with van der Waals surface area (Å²) in [6.07, 6.45) is -9.71. The van der Waals surface area contributed by atoms with Gasteiger partial charge in [0.25, 0.3) is 0 Å². The molecule has 1 N–H and O–H groups in total. The number of halogens is 9. The molecule has 0 saturated carbocycles. The van der Waals surface area contributed by atoms with Crippen LogP contribution in [0, 0.1) is 13.8 Å². The van der Waals surface area contributed by atoms with E-state index >= 15 is 0 Å². The first-order valence-corrected chi connectivity index (χ1v) is 16.0. The van der Waals surface area contributed by atoms with Gasteiger partial charge in [0, 0.05) is 35.3 Å². The Kier molecular flexibility index (Phi) is 9.29. The highest BCUT2D eigenvalue weighted by molar-refractivity contribution is 5.89. The van der Waals surface area contributed by atoms with Gasteiger partial charge in [0.2, 0.25) is 0 Å². The molecule has 1 amide bonds. The van der Waals surface area contributed by atoms with E-state index in [2.05, 4.69) is 4.98 Å². The average Bonchev–Trinajstić information content (AvgIpc) is 3.38. The predicted octanol–water partition coefficient (Wildman–Crippen LogP) is 9.94. The van der Waals surface area contributed by atoms with Gasteiger partial charge in [-0.25, -0.2) is 9.59 Å². The second-order valence-corrected chi connectivity index (χ2v) is 13.0. The van der Waals surface area contributed by atoms with Crippen LogP contribution in [0.5, 0.6) is 0 Å². The maximum absolute atomic E-state index is 14.3. The van der Waals surface area contributed by atoms with Gasteiger partial charge >= 0.3 is 30.6 Å². The van der Waals surface area contributed by atoms with Crippen molar-refractivity contribution in [2.24, 2.45) is 0 Å². The highest BCUT2D eigenvalue weighted by Gasteiger charge is 2.49. The van der Waals surface area contributed by atoms with E-state index in [1.54, 1.807) is 32.2 Å². The first-order chi connectivity index (χ1) is 24.2. The number of allylic oxidation sites excluding steroid dienone is 4. The smallest absolute Gasteiger partial charge is 0.416 e. The molecule has 6 nitrogen and oxygen atoms in total. The molecule has 3 aromatic rings. The Labute approximate surface area is 290 Å². The minimum Gasteiger partial charge on any atom is -0.478 e. The SMILES string of the molecule is Cc1cc(C(=O)O)ccc1-c1cnc(C)c(C2C=CC(C(F)(F)F)=CC([C@@H]3CCC4[C@@H](c5cc(C(F)(F)F)cc(C(F)(F)F)c5)COC(=O)N43)=C2)c1. The Morgan fingerprint density at radius 1 is 0.904 bits per heavy atom. The predicted molar refractivity (Wildman–Crippen MR) is 169 cm³/mol. The van der Waals surface area contributed by atoms with Crippen molar-refractivity contribution in [3.8, 4) is 11.1 Å². The van der Waals surface area contributed by atoms with Crippen LogP contribution in [0.25, 0.3) is 11.1 Å². The van der Waals surface area contributed by atoms with Gasteiger partial charge in [-0.15, -0.1) is 0 Å². The van der Waals surface area contributed by atoms with Gasteiger partial charge in [-0.1, -0.05) is 24.3 Å². The van der Waals surface area contributed by atoms with Crippen LogP contribution in [0.2, 0.25) is 0 Å². The Bertz CT molecular complexity index is 2000. The molecule has 0 bridgehead atoms. The molecule has 0 radical (unpaired) electrons. The maximum atomic E-state index is 14.3. The number of hydrogen-bond acceptors (Lipinski definition) is 4. The minimum atomic E-state index is -5.11. The summed E-state index contributed by atoms with van der Waals surface area (Å²) >= 11 is 0. The molecule has 1 aromatic heterocycles. The number of cyclic esters (lactones) is 1. The fraction of sp³-hybridized carbons (Fsp3) is 0.324. The molecule has 6 rings (SSSR count). The fourth-order valence-electron chi connectivity index (χ4n) is 7.16. The number of carbonyl (C=O) groups is 2. The molecule has 0 spiro atoms. The highest BCUT2D eigenvalue weighted by Crippen LogP contribution is 2.46. The molecule has 1 aliphatic carbocycles. The Balaban J connectivity index is 1.41. The van der Waals surface area contributed by atoms with Gasteiger partial charge in [0.1, 0.15) is 6.61 Å². The van der Waals surface area contributed by atoms with Crippen LogP contribution in [0.1, 0.15) is 68.5 Å². The van der Waals surface area contributed by atoms with E-state index < -0.39 is 77.8 Å². The summed E-state index contributed by atoms with van der Waals surface area (Å²) in [6.45, 7) is 2.84. The van der Waals surface area contributed by atoms with Crippen LogP contribution in [-0.4, -0.2) is 51.9 Å². The van der Waals surface area contributed by atoms with Crippen molar-refractivity contribution in [2.45, 2.75) is 69.1 Å². The molecule has 2 fully saturated rings. The fourth-order valence-corrected chi connectivity index (χ4v) is 7.16. The molecule has 52 heavy (non-hydrogen) atoms. The molecule has 3 heterocycles. The van der Waals surface area contributed by atoms with E-state index in [0.29, 0.717) is 40.1 Å². The van der Waals surface area contributed by atoms with Crippen LogP contribution in [0.15, 0.2) is 84.1 Å². The summed E-state index contributed by atoms with van der Waals surface area (Å²) in [7, 11) is 0. The number of alkyl halides is 9. The molecule has 2 saturated heterocycles. The molecule has 15 heteroatoms. The summed E-state index contributed by atoms with van der Waals surface area (Å²) in [5, 5.41) is 9.36. The quantitative estimate of drug-likeness (QED) is 0.264. The molecular weight excluding hydrogens is 707 g/mol. The van der Waals surface area contributed by atoms with Crippen LogP contribution >= 0.6 is 0 Å². The van der Waals surface area contributed by atoms with Crippen LogP contribution in [0.4, 0.5) is 44.3 Å². The lowest BCUT2D eigenvalue weighted by Crippen LogP contribution is -2.50. The third-order valence-electron chi connectivity index (χ3n) is 9.69. The number of pyridine rings is 1. The van der Waals surface area contributed by atoms with Crippen molar-refractivity contribution in [3.05, 3.63) is 123 Å². The number of rotatable bonds is 5. The highest BCUT2D eigenvalue weighted by atomic mass is 19.4. The Morgan fingerprint density at radius 3 is 2.17 bits per heavy atom. The number of ether oxygens (including phenoxy) is 1. The monoisotopic (exact) mass is 736 g/mol. The lowest BCUT2D eigenvalue weighted by molar-refractivity contribution is -0.143. The largest absolute Gasteiger partial charge is 0.478 e. The number of benzene rings is 2. The van der Waals surface area contributed by atoms with Crippen LogP contribution in [-0.2, 0) is 17.1 Å². The number of nitrogens with zero attached hydrogens (tertiary/aromatic N) is 2. The lowest BCUT2D eigenvalue weighted by Gasteiger charge is -2.39. The zero-order chi connectivity index (χ0) is 37.9. The van der Waals surface area contributed by atoms with Crippen LogP contribution in [0.3, 0.4) is 0 Å². The van der Waals surface area contributed by atoms with Gasteiger partial charge in [-0.3, -0.25) is 9.88 Å². The van der Waals surface area contributed by atoms with Gasteiger partial charge < -0.3 is 9.84 Å². The van der Waals surface area contributed by atoms with Gasteiger partial charge in [0.05, 0.1) is 28.3 Å². The Morgan fingerprint density at radius 2 is 1.58 bits per heavy atom. The third kappa shape index (κ3) is 7.17. The second kappa shape index (κ2) is 13.2. The van der Waals surface area contributed by atoms with Gasteiger partial charge in [-0.2, -0.15) is 39.5 Å². The van der Waals surface area contributed by atoms with Crippen LogP contribution < -0.4 is 0 Å². The topological polar surface area (TPSA) is 79.7 Å². The Hall–Kier alpha value is -5.08. The number of carbonyl (C=O) groups excluding carboxylic acids is 1. The number of fused-ring (bicyclic) bond motifs is 1. The number of aromatic carboxylic acids is 1. The number of amides is 1. The second-order valence-electron chi connectivity index (χ2n) is 13.0. The first-order valence-electron chi connectivity index (χ1n) is 16.0. The summed E-state index contributed by atoms with van der Waals surface area (Å²) in [4.78, 5) is 30.3. The molecule has 2 aromatic carbocycles. The normalized spacial score (nSPS) is 22.4. The number of aryl methyl sites for hydroxylation is 2. The van der Waals surface area contributed by atoms with E-state index in [9.17, 15) is 54.2 Å². The first kappa shape index (κ1) is 36.7. The van der Waals surface area contributed by atoms with E-state index in [1.165, 1.54) is 24.3 Å². The van der Waals surface area contributed by atoms with Crippen molar-refractivity contribution < 1.29 is 58.9 Å². The van der Waals surface area contributed by atoms with E-state index in [1.807, 2.05) is 0 Å².